The van der Waals surface area contributed by atoms with Gasteiger partial charge in [0.05, 0.1) is 11.8 Å². The molecule has 0 saturated heterocycles. The Bertz CT molecular complexity index is 424. The van der Waals surface area contributed by atoms with Gasteiger partial charge in [0, 0.05) is 6.54 Å². The number of aliphatic hydroxyl groups is 1. The summed E-state index contributed by atoms with van der Waals surface area (Å²) >= 11 is 0. The summed E-state index contributed by atoms with van der Waals surface area (Å²) in [5, 5.41) is 11.5. The molecule has 6 heteroatoms. The number of nitrogens with one attached hydrogen (secondary N) is 1. The molecule has 0 fully saturated rings. The monoisotopic (exact) mass is 244 g/mol. The zero-order valence-electron chi connectivity index (χ0n) is 9.34. The minimum atomic E-state index is -1.09. The highest BCUT2D eigenvalue weighted by Gasteiger charge is 2.19. The molecule has 0 aliphatic rings. The zero-order chi connectivity index (χ0) is 13.0. The number of carbonyl (C=O) groups excluding carboxylic acids is 1. The minimum absolute atomic E-state index is 0.0665. The summed E-state index contributed by atoms with van der Waals surface area (Å²) in [5.41, 5.74) is 4.21. The molecule has 4 nitrogen and oxygen atoms in total. The molecule has 1 atom stereocenters. The summed E-state index contributed by atoms with van der Waals surface area (Å²) in [7, 11) is 0. The van der Waals surface area contributed by atoms with Crippen LogP contribution in [0.4, 0.5) is 14.5 Å². The van der Waals surface area contributed by atoms with Gasteiger partial charge in [-0.05, 0) is 18.6 Å². The fourth-order valence-electron chi connectivity index (χ4n) is 1.22. The van der Waals surface area contributed by atoms with Crippen LogP contribution in [0.15, 0.2) is 12.1 Å². The normalized spacial score (nSPS) is 12.2. The van der Waals surface area contributed by atoms with Crippen LogP contribution < -0.4 is 11.1 Å². The number of anilines is 1. The predicted octanol–water partition coefficient (Wildman–Crippen LogP) is 1.05. The summed E-state index contributed by atoms with van der Waals surface area (Å²) < 4.78 is 26.7. The second-order valence-corrected chi connectivity index (χ2v) is 3.60. The number of hydrogen-bond acceptors (Lipinski definition) is 3. The van der Waals surface area contributed by atoms with Crippen LogP contribution in [-0.4, -0.2) is 23.7 Å². The van der Waals surface area contributed by atoms with Crippen molar-refractivity contribution in [1.29, 1.82) is 0 Å². The standard InChI is InChI=1S/C11H14F2N2O2/c1-2-6(16)5-15-11(17)9-7(12)3-4-8(14)10(9)13/h3-4,6,16H,2,5,14H2,1H3,(H,15,17). The van der Waals surface area contributed by atoms with Gasteiger partial charge in [0.25, 0.3) is 5.91 Å². The number of hydrogen-bond donors (Lipinski definition) is 3. The number of benzene rings is 1. The van der Waals surface area contributed by atoms with Gasteiger partial charge in [0.2, 0.25) is 0 Å². The largest absolute Gasteiger partial charge is 0.396 e. The number of nitrogen functional groups attached to an aromatic ring is 1. The van der Waals surface area contributed by atoms with E-state index in [2.05, 4.69) is 5.32 Å². The molecule has 0 bridgehead atoms. The predicted molar refractivity (Wildman–Crippen MR) is 59.4 cm³/mol. The molecule has 1 aromatic rings. The van der Waals surface area contributed by atoms with E-state index in [-0.39, 0.29) is 12.2 Å². The van der Waals surface area contributed by atoms with Crippen LogP contribution >= 0.6 is 0 Å². The van der Waals surface area contributed by atoms with Crippen molar-refractivity contribution >= 4 is 11.6 Å². The molecule has 1 aromatic carbocycles. The first-order chi connectivity index (χ1) is 7.97. The van der Waals surface area contributed by atoms with Gasteiger partial charge in [-0.1, -0.05) is 6.92 Å². The van der Waals surface area contributed by atoms with Crippen molar-refractivity contribution < 1.29 is 18.7 Å². The lowest BCUT2D eigenvalue weighted by Gasteiger charge is -2.11. The quantitative estimate of drug-likeness (QED) is 0.693. The fraction of sp³-hybridized carbons (Fsp3) is 0.364. The Kier molecular flexibility index (Phi) is 4.39. The smallest absolute Gasteiger partial charge is 0.257 e. The molecule has 4 N–H and O–H groups in total. The van der Waals surface area contributed by atoms with Gasteiger partial charge in [0.15, 0.2) is 5.82 Å². The van der Waals surface area contributed by atoms with E-state index in [9.17, 15) is 18.7 Å². The molecule has 0 heterocycles. The van der Waals surface area contributed by atoms with Crippen molar-refractivity contribution in [3.8, 4) is 0 Å². The fourth-order valence-corrected chi connectivity index (χ4v) is 1.22. The van der Waals surface area contributed by atoms with Gasteiger partial charge in [0.1, 0.15) is 11.4 Å². The zero-order valence-corrected chi connectivity index (χ0v) is 9.34. The second kappa shape index (κ2) is 5.58. The Labute approximate surface area is 97.4 Å². The van der Waals surface area contributed by atoms with E-state index >= 15 is 0 Å². The van der Waals surface area contributed by atoms with Gasteiger partial charge >= 0.3 is 0 Å². The van der Waals surface area contributed by atoms with Gasteiger partial charge in [-0.15, -0.1) is 0 Å². The van der Waals surface area contributed by atoms with Crippen molar-refractivity contribution in [2.75, 3.05) is 12.3 Å². The lowest BCUT2D eigenvalue weighted by atomic mass is 10.1. The summed E-state index contributed by atoms with van der Waals surface area (Å²) in [6.07, 6.45) is -0.312. The number of amides is 1. The first-order valence-electron chi connectivity index (χ1n) is 5.17. The third-order valence-corrected chi connectivity index (χ3v) is 2.32. The van der Waals surface area contributed by atoms with E-state index in [1.807, 2.05) is 0 Å². The third kappa shape index (κ3) is 3.13. The van der Waals surface area contributed by atoms with Crippen LogP contribution in [0, 0.1) is 11.6 Å². The lowest BCUT2D eigenvalue weighted by molar-refractivity contribution is 0.0905. The van der Waals surface area contributed by atoms with Crippen LogP contribution in [0.5, 0.6) is 0 Å². The number of nitrogens with two attached hydrogens (primary N) is 1. The maximum Gasteiger partial charge on any atom is 0.257 e. The molecule has 0 radical (unpaired) electrons. The molecule has 0 aliphatic heterocycles. The van der Waals surface area contributed by atoms with Crippen molar-refractivity contribution in [3.63, 3.8) is 0 Å². The Morgan fingerprint density at radius 2 is 2.18 bits per heavy atom. The molecule has 0 aliphatic carbocycles. The van der Waals surface area contributed by atoms with Gasteiger partial charge in [-0.25, -0.2) is 8.78 Å². The summed E-state index contributed by atoms with van der Waals surface area (Å²) in [5.74, 6) is -3.01. The molecule has 0 aromatic heterocycles. The first-order valence-corrected chi connectivity index (χ1v) is 5.17. The average Bonchev–Trinajstić information content (AvgIpc) is 2.31. The van der Waals surface area contributed by atoms with E-state index in [1.165, 1.54) is 0 Å². The van der Waals surface area contributed by atoms with Crippen LogP contribution in [-0.2, 0) is 0 Å². The van der Waals surface area contributed by atoms with E-state index < -0.39 is 29.2 Å². The van der Waals surface area contributed by atoms with Crippen LogP contribution in [0.2, 0.25) is 0 Å². The van der Waals surface area contributed by atoms with Crippen LogP contribution in [0.3, 0.4) is 0 Å². The SMILES string of the molecule is CCC(O)CNC(=O)c1c(F)ccc(N)c1F. The van der Waals surface area contributed by atoms with Crippen LogP contribution in [0.1, 0.15) is 23.7 Å². The van der Waals surface area contributed by atoms with Crippen LogP contribution in [0.25, 0.3) is 0 Å². The molecule has 0 spiro atoms. The molecular formula is C11H14F2N2O2. The van der Waals surface area contributed by atoms with Crippen molar-refractivity contribution in [1.82, 2.24) is 5.32 Å². The van der Waals surface area contributed by atoms with Gasteiger partial charge in [-0.3, -0.25) is 4.79 Å². The highest BCUT2D eigenvalue weighted by Crippen LogP contribution is 2.18. The van der Waals surface area contributed by atoms with Crippen molar-refractivity contribution in [2.45, 2.75) is 19.4 Å². The van der Waals surface area contributed by atoms with E-state index in [0.717, 1.165) is 12.1 Å². The summed E-state index contributed by atoms with van der Waals surface area (Å²) in [6, 6.07) is 1.96. The number of rotatable bonds is 4. The topological polar surface area (TPSA) is 75.3 Å². The maximum absolute atomic E-state index is 13.4. The number of halogens is 2. The van der Waals surface area contributed by atoms with Crippen molar-refractivity contribution in [2.24, 2.45) is 0 Å². The summed E-state index contributed by atoms with van der Waals surface area (Å²) in [6.45, 7) is 1.65. The summed E-state index contributed by atoms with van der Waals surface area (Å²) in [4.78, 5) is 11.5. The second-order valence-electron chi connectivity index (χ2n) is 3.60. The maximum atomic E-state index is 13.4. The molecule has 1 rings (SSSR count). The first kappa shape index (κ1) is 13.4. The highest BCUT2D eigenvalue weighted by molar-refractivity contribution is 5.95. The third-order valence-electron chi connectivity index (χ3n) is 2.32. The molecule has 94 valence electrons. The molecular weight excluding hydrogens is 230 g/mol. The molecule has 0 saturated carbocycles. The number of carbonyl (C=O) groups is 1. The molecule has 17 heavy (non-hydrogen) atoms. The van der Waals surface area contributed by atoms with E-state index in [4.69, 9.17) is 5.73 Å². The van der Waals surface area contributed by atoms with Gasteiger partial charge in [-0.2, -0.15) is 0 Å². The Hall–Kier alpha value is -1.69. The van der Waals surface area contributed by atoms with Gasteiger partial charge < -0.3 is 16.2 Å². The number of aliphatic hydroxyl groups excluding tert-OH is 1. The molecule has 1 amide bonds. The Morgan fingerprint density at radius 1 is 1.53 bits per heavy atom. The Balaban J connectivity index is 2.86. The van der Waals surface area contributed by atoms with Crippen molar-refractivity contribution in [3.05, 3.63) is 29.3 Å². The van der Waals surface area contributed by atoms with E-state index in [0.29, 0.717) is 6.42 Å². The Morgan fingerprint density at radius 3 is 2.76 bits per heavy atom. The molecule has 1 unspecified atom stereocenters. The highest BCUT2D eigenvalue weighted by atomic mass is 19.1. The van der Waals surface area contributed by atoms with E-state index in [1.54, 1.807) is 6.92 Å². The minimum Gasteiger partial charge on any atom is -0.396 e. The lowest BCUT2D eigenvalue weighted by Crippen LogP contribution is -2.33. The average molecular weight is 244 g/mol.